The highest BCUT2D eigenvalue weighted by Crippen LogP contribution is 2.26. The largest absolute Gasteiger partial charge is 0.485 e. The second-order valence-corrected chi connectivity index (χ2v) is 6.25. The van der Waals surface area contributed by atoms with Crippen LogP contribution in [0.5, 0.6) is 5.75 Å². The van der Waals surface area contributed by atoms with Crippen LogP contribution < -0.4 is 4.74 Å². The molecule has 8 nitrogen and oxygen atoms in total. The Bertz CT molecular complexity index is 1350. The van der Waals surface area contributed by atoms with E-state index in [4.69, 9.17) is 4.74 Å². The Morgan fingerprint density at radius 1 is 0.929 bits per heavy atom. The molecule has 5 rings (SSSR count). The van der Waals surface area contributed by atoms with Gasteiger partial charge in [0.15, 0.2) is 22.7 Å². The van der Waals surface area contributed by atoms with Crippen molar-refractivity contribution in [2.24, 2.45) is 0 Å². The molecule has 3 heterocycles. The number of non-ortho nitro benzene ring substituents is 1. The molecule has 2 aromatic carbocycles. The summed E-state index contributed by atoms with van der Waals surface area (Å²) >= 11 is 0. The van der Waals surface area contributed by atoms with Crippen LogP contribution in [0.2, 0.25) is 0 Å². The van der Waals surface area contributed by atoms with Crippen molar-refractivity contribution in [1.29, 1.82) is 0 Å². The number of pyridine rings is 1. The summed E-state index contributed by atoms with van der Waals surface area (Å²) in [6.07, 6.45) is 1.82. The van der Waals surface area contributed by atoms with E-state index in [1.807, 2.05) is 48.7 Å². The minimum Gasteiger partial charge on any atom is -0.485 e. The van der Waals surface area contributed by atoms with Crippen molar-refractivity contribution in [3.8, 4) is 5.75 Å². The first-order valence-corrected chi connectivity index (χ1v) is 8.59. The normalized spacial score (nSPS) is 11.3. The van der Waals surface area contributed by atoms with Gasteiger partial charge in [0.2, 0.25) is 0 Å². The summed E-state index contributed by atoms with van der Waals surface area (Å²) in [6.45, 7) is 0.415. The Balaban J connectivity index is 1.62. The molecule has 136 valence electrons. The summed E-state index contributed by atoms with van der Waals surface area (Å²) in [7, 11) is 0. The molecule has 0 aliphatic carbocycles. The van der Waals surface area contributed by atoms with Gasteiger partial charge in [-0.05, 0) is 23.8 Å². The van der Waals surface area contributed by atoms with E-state index in [-0.39, 0.29) is 5.69 Å². The highest BCUT2D eigenvalue weighted by atomic mass is 16.6. The van der Waals surface area contributed by atoms with Gasteiger partial charge in [0.05, 0.1) is 16.0 Å². The molecular weight excluding hydrogens is 358 g/mol. The number of fused-ring (bicyclic) bond motifs is 4. The lowest BCUT2D eigenvalue weighted by molar-refractivity contribution is -0.384. The minimum absolute atomic E-state index is 0.0261. The number of nitro benzene ring substituents is 1. The Hall–Kier alpha value is -4.07. The summed E-state index contributed by atoms with van der Waals surface area (Å²) in [6, 6.07) is 17.9. The Labute approximate surface area is 158 Å². The SMILES string of the molecule is O=[N+]([O-])c1ccc2nc3nc4c(OCc5ccccc5)cccn4c3nc2c1. The average molecular weight is 371 g/mol. The molecule has 0 saturated heterocycles. The fourth-order valence-electron chi connectivity index (χ4n) is 3.08. The number of nitro groups is 1. The van der Waals surface area contributed by atoms with Gasteiger partial charge in [-0.2, -0.15) is 0 Å². The first-order chi connectivity index (χ1) is 13.7. The van der Waals surface area contributed by atoms with Crippen LogP contribution >= 0.6 is 0 Å². The zero-order chi connectivity index (χ0) is 19.1. The number of hydrogen-bond donors (Lipinski definition) is 0. The number of benzene rings is 2. The standard InChI is InChI=1S/C20H13N5O3/c26-25(27)14-8-9-15-16(11-14)22-20-18(21-15)23-19-17(7-4-10-24(19)20)28-12-13-5-2-1-3-6-13/h1-11H,12H2. The molecule has 8 heteroatoms. The van der Waals surface area contributed by atoms with Crippen molar-refractivity contribution >= 4 is 33.7 Å². The third-order valence-electron chi connectivity index (χ3n) is 4.43. The molecule has 0 radical (unpaired) electrons. The van der Waals surface area contributed by atoms with Crippen molar-refractivity contribution in [2.45, 2.75) is 6.61 Å². The number of ether oxygens (including phenoxy) is 1. The second kappa shape index (κ2) is 6.27. The maximum absolute atomic E-state index is 11.0. The minimum atomic E-state index is -0.449. The van der Waals surface area contributed by atoms with Crippen LogP contribution in [-0.2, 0) is 6.61 Å². The monoisotopic (exact) mass is 371 g/mol. The Morgan fingerprint density at radius 2 is 1.79 bits per heavy atom. The van der Waals surface area contributed by atoms with E-state index in [1.54, 1.807) is 10.5 Å². The van der Waals surface area contributed by atoms with E-state index < -0.39 is 4.92 Å². The maximum Gasteiger partial charge on any atom is 0.271 e. The number of rotatable bonds is 4. The average Bonchev–Trinajstić information content (AvgIpc) is 3.09. The van der Waals surface area contributed by atoms with Crippen LogP contribution in [0.25, 0.3) is 28.0 Å². The van der Waals surface area contributed by atoms with E-state index in [9.17, 15) is 10.1 Å². The predicted molar refractivity (Wildman–Crippen MR) is 103 cm³/mol. The molecule has 0 spiro atoms. The Morgan fingerprint density at radius 3 is 2.61 bits per heavy atom. The predicted octanol–water partition coefficient (Wildman–Crippen LogP) is 3.92. The van der Waals surface area contributed by atoms with Crippen LogP contribution in [0.1, 0.15) is 5.56 Å². The zero-order valence-corrected chi connectivity index (χ0v) is 14.5. The number of aromatic nitrogens is 4. The summed E-state index contributed by atoms with van der Waals surface area (Å²) in [4.78, 5) is 24.2. The highest BCUT2D eigenvalue weighted by molar-refractivity contribution is 5.86. The molecule has 3 aromatic heterocycles. The third kappa shape index (κ3) is 2.67. The summed E-state index contributed by atoms with van der Waals surface area (Å²) in [5.74, 6) is 0.612. The summed E-state index contributed by atoms with van der Waals surface area (Å²) in [5.41, 5.74) is 3.59. The Kier molecular flexibility index (Phi) is 3.61. The van der Waals surface area contributed by atoms with Gasteiger partial charge in [0.1, 0.15) is 6.61 Å². The van der Waals surface area contributed by atoms with Gasteiger partial charge in [0.25, 0.3) is 5.69 Å². The number of nitrogens with zero attached hydrogens (tertiary/aromatic N) is 5. The van der Waals surface area contributed by atoms with Crippen LogP contribution in [0, 0.1) is 10.1 Å². The molecule has 28 heavy (non-hydrogen) atoms. The molecule has 0 amide bonds. The number of hydrogen-bond acceptors (Lipinski definition) is 6. The van der Waals surface area contributed by atoms with Crippen molar-refractivity contribution in [3.05, 3.63) is 82.5 Å². The van der Waals surface area contributed by atoms with Gasteiger partial charge in [-0.15, -0.1) is 0 Å². The zero-order valence-electron chi connectivity index (χ0n) is 14.5. The topological polar surface area (TPSA) is 95.5 Å². The van der Waals surface area contributed by atoms with E-state index in [0.717, 1.165) is 5.56 Å². The lowest BCUT2D eigenvalue weighted by atomic mass is 10.2. The molecular formula is C20H13N5O3. The van der Waals surface area contributed by atoms with Crippen molar-refractivity contribution in [2.75, 3.05) is 0 Å². The molecule has 0 atom stereocenters. The number of imidazole rings is 1. The fourth-order valence-corrected chi connectivity index (χ4v) is 3.08. The van der Waals surface area contributed by atoms with Crippen LogP contribution in [0.4, 0.5) is 5.69 Å². The van der Waals surface area contributed by atoms with Crippen LogP contribution in [0.3, 0.4) is 0 Å². The first-order valence-electron chi connectivity index (χ1n) is 8.59. The van der Waals surface area contributed by atoms with Crippen molar-refractivity contribution in [3.63, 3.8) is 0 Å². The smallest absolute Gasteiger partial charge is 0.271 e. The quantitative estimate of drug-likeness (QED) is 0.351. The van der Waals surface area contributed by atoms with E-state index >= 15 is 0 Å². The molecule has 0 N–H and O–H groups in total. The van der Waals surface area contributed by atoms with E-state index in [2.05, 4.69) is 15.0 Å². The summed E-state index contributed by atoms with van der Waals surface area (Å²) in [5, 5.41) is 11.0. The molecule has 0 saturated carbocycles. The second-order valence-electron chi connectivity index (χ2n) is 6.25. The van der Waals surface area contributed by atoms with Crippen molar-refractivity contribution in [1.82, 2.24) is 19.4 Å². The molecule has 0 aliphatic heterocycles. The van der Waals surface area contributed by atoms with Crippen LogP contribution in [0.15, 0.2) is 66.9 Å². The lowest BCUT2D eigenvalue weighted by Crippen LogP contribution is -1.97. The summed E-state index contributed by atoms with van der Waals surface area (Å²) < 4.78 is 7.73. The van der Waals surface area contributed by atoms with Gasteiger partial charge in [0, 0.05) is 18.3 Å². The van der Waals surface area contributed by atoms with Crippen LogP contribution in [-0.4, -0.2) is 24.3 Å². The molecule has 0 fully saturated rings. The van der Waals surface area contributed by atoms with Gasteiger partial charge < -0.3 is 4.74 Å². The van der Waals surface area contributed by atoms with E-state index in [1.165, 1.54) is 12.1 Å². The third-order valence-corrected chi connectivity index (χ3v) is 4.43. The lowest BCUT2D eigenvalue weighted by Gasteiger charge is -2.07. The molecule has 0 unspecified atom stereocenters. The van der Waals surface area contributed by atoms with Crippen molar-refractivity contribution < 1.29 is 9.66 Å². The van der Waals surface area contributed by atoms with Gasteiger partial charge in [-0.3, -0.25) is 14.5 Å². The molecule has 0 aliphatic rings. The van der Waals surface area contributed by atoms with Gasteiger partial charge in [-0.25, -0.2) is 15.0 Å². The first kappa shape index (κ1) is 16.1. The maximum atomic E-state index is 11.0. The van der Waals surface area contributed by atoms with Gasteiger partial charge >= 0.3 is 0 Å². The molecule has 0 bridgehead atoms. The fraction of sp³-hybridized carbons (Fsp3) is 0.0500. The van der Waals surface area contributed by atoms with Gasteiger partial charge in [-0.1, -0.05) is 30.3 Å². The molecule has 5 aromatic rings. The van der Waals surface area contributed by atoms with E-state index in [0.29, 0.717) is 40.3 Å². The highest BCUT2D eigenvalue weighted by Gasteiger charge is 2.15.